The van der Waals surface area contributed by atoms with E-state index in [0.717, 1.165) is 42.3 Å². The quantitative estimate of drug-likeness (QED) is 0.536. The van der Waals surface area contributed by atoms with Crippen molar-refractivity contribution in [3.05, 3.63) is 65.7 Å². The number of aromatic nitrogens is 3. The first-order valence-electron chi connectivity index (χ1n) is 10.1. The Morgan fingerprint density at radius 2 is 1.81 bits per heavy atom. The highest BCUT2D eigenvalue weighted by atomic mass is 19.4. The first-order chi connectivity index (χ1) is 15.4. The molecule has 166 valence electrons. The Labute approximate surface area is 183 Å². The number of hydrogen-bond donors (Lipinski definition) is 0. The molecule has 1 saturated heterocycles. The summed E-state index contributed by atoms with van der Waals surface area (Å²) in [5, 5.41) is 0. The average molecular weight is 441 g/mol. The maximum Gasteiger partial charge on any atom is 0.416 e. The number of morpholine rings is 1. The third-order valence-electron chi connectivity index (χ3n) is 5.28. The zero-order valence-electron chi connectivity index (χ0n) is 17.5. The third kappa shape index (κ3) is 4.43. The van der Waals surface area contributed by atoms with E-state index in [1.54, 1.807) is 12.3 Å². The molecule has 0 unspecified atom stereocenters. The molecule has 0 N–H and O–H groups in total. The van der Waals surface area contributed by atoms with Crippen LogP contribution < -0.4 is 4.90 Å². The molecular formula is C23H22F3N5O. The van der Waals surface area contributed by atoms with Crippen LogP contribution in [0.25, 0.3) is 23.2 Å². The molecule has 1 aliphatic rings. The largest absolute Gasteiger partial charge is 0.416 e. The first kappa shape index (κ1) is 21.8. The molecule has 3 aromatic rings. The summed E-state index contributed by atoms with van der Waals surface area (Å²) >= 11 is 0. The second-order valence-electron chi connectivity index (χ2n) is 7.29. The summed E-state index contributed by atoms with van der Waals surface area (Å²) in [4.78, 5) is 15.2. The molecule has 0 aliphatic carbocycles. The fourth-order valence-corrected chi connectivity index (χ4v) is 3.61. The van der Waals surface area contributed by atoms with E-state index in [1.165, 1.54) is 18.3 Å². The van der Waals surface area contributed by atoms with E-state index in [2.05, 4.69) is 21.6 Å². The van der Waals surface area contributed by atoms with Gasteiger partial charge in [-0.15, -0.1) is 0 Å². The van der Waals surface area contributed by atoms with Crippen molar-refractivity contribution in [2.24, 2.45) is 4.99 Å². The number of rotatable bonds is 5. The number of nitrogens with zero attached hydrogens (tertiary/aromatic N) is 5. The predicted octanol–water partition coefficient (Wildman–Crippen LogP) is 4.77. The smallest absolute Gasteiger partial charge is 0.378 e. The number of aliphatic imine (C=N–C) groups is 1. The van der Waals surface area contributed by atoms with Gasteiger partial charge >= 0.3 is 6.18 Å². The fourth-order valence-electron chi connectivity index (χ4n) is 3.61. The van der Waals surface area contributed by atoms with Crippen LogP contribution in [0.4, 0.5) is 19.0 Å². The normalized spacial score (nSPS) is 14.8. The summed E-state index contributed by atoms with van der Waals surface area (Å²) in [7, 11) is 0. The lowest BCUT2D eigenvalue weighted by Crippen LogP contribution is -2.36. The number of anilines is 1. The molecule has 3 heterocycles. The van der Waals surface area contributed by atoms with Gasteiger partial charge in [-0.05, 0) is 56.1 Å². The van der Waals surface area contributed by atoms with Crippen molar-refractivity contribution in [3.8, 4) is 17.1 Å². The maximum absolute atomic E-state index is 13.0. The molecule has 0 bridgehead atoms. The molecule has 0 amide bonds. The Hall–Kier alpha value is -3.46. The SMILES string of the molecule is C=N/C=C\c1nc(-c2ccc(N3CCOCC3)nc2)n(-c2ccc(C(F)(F)F)cc2)c1C. The zero-order chi connectivity index (χ0) is 22.7. The van der Waals surface area contributed by atoms with E-state index in [-0.39, 0.29) is 0 Å². The van der Waals surface area contributed by atoms with Gasteiger partial charge in [-0.1, -0.05) is 0 Å². The molecule has 0 spiro atoms. The topological polar surface area (TPSA) is 55.5 Å². The molecule has 1 aromatic carbocycles. The zero-order valence-corrected chi connectivity index (χ0v) is 17.5. The molecule has 6 nitrogen and oxygen atoms in total. The van der Waals surface area contributed by atoms with Crippen molar-refractivity contribution >= 4 is 18.6 Å². The van der Waals surface area contributed by atoms with Crippen LogP contribution in [0.3, 0.4) is 0 Å². The van der Waals surface area contributed by atoms with Crippen LogP contribution in [-0.4, -0.2) is 47.6 Å². The van der Waals surface area contributed by atoms with Crippen molar-refractivity contribution < 1.29 is 17.9 Å². The molecule has 1 fully saturated rings. The molecule has 0 radical (unpaired) electrons. The van der Waals surface area contributed by atoms with Gasteiger partial charge in [-0.3, -0.25) is 9.56 Å². The minimum atomic E-state index is -4.39. The highest BCUT2D eigenvalue weighted by molar-refractivity contribution is 5.65. The number of pyridine rings is 1. The Kier molecular flexibility index (Phi) is 6.09. The molecule has 0 saturated carbocycles. The Balaban J connectivity index is 1.75. The number of hydrogen-bond acceptors (Lipinski definition) is 5. The van der Waals surface area contributed by atoms with Crippen molar-refractivity contribution in [2.75, 3.05) is 31.2 Å². The van der Waals surface area contributed by atoms with Gasteiger partial charge in [0.15, 0.2) is 0 Å². The van der Waals surface area contributed by atoms with Crippen molar-refractivity contribution in [3.63, 3.8) is 0 Å². The van der Waals surface area contributed by atoms with E-state index in [1.807, 2.05) is 23.6 Å². The third-order valence-corrected chi connectivity index (χ3v) is 5.28. The molecule has 32 heavy (non-hydrogen) atoms. The van der Waals surface area contributed by atoms with Gasteiger partial charge in [0.25, 0.3) is 0 Å². The van der Waals surface area contributed by atoms with E-state index in [0.29, 0.717) is 30.4 Å². The van der Waals surface area contributed by atoms with E-state index >= 15 is 0 Å². The van der Waals surface area contributed by atoms with Crippen LogP contribution >= 0.6 is 0 Å². The number of imidazole rings is 1. The van der Waals surface area contributed by atoms with Gasteiger partial charge in [-0.2, -0.15) is 13.2 Å². The Morgan fingerprint density at radius 3 is 2.41 bits per heavy atom. The van der Waals surface area contributed by atoms with Gasteiger partial charge in [0, 0.05) is 42.4 Å². The van der Waals surface area contributed by atoms with E-state index in [9.17, 15) is 13.2 Å². The molecule has 0 atom stereocenters. The maximum atomic E-state index is 13.0. The summed E-state index contributed by atoms with van der Waals surface area (Å²) < 4.78 is 46.2. The molecule has 2 aromatic heterocycles. The van der Waals surface area contributed by atoms with Gasteiger partial charge < -0.3 is 9.64 Å². The second kappa shape index (κ2) is 8.96. The van der Waals surface area contributed by atoms with Crippen LogP contribution in [0, 0.1) is 6.92 Å². The van der Waals surface area contributed by atoms with Gasteiger partial charge in [0.1, 0.15) is 11.6 Å². The van der Waals surface area contributed by atoms with Crippen LogP contribution in [0.15, 0.2) is 53.8 Å². The van der Waals surface area contributed by atoms with E-state index < -0.39 is 11.7 Å². The number of benzene rings is 1. The van der Waals surface area contributed by atoms with Gasteiger partial charge in [0.2, 0.25) is 0 Å². The fraction of sp³-hybridized carbons (Fsp3) is 0.261. The Morgan fingerprint density at radius 1 is 1.09 bits per heavy atom. The van der Waals surface area contributed by atoms with Crippen LogP contribution in [0.5, 0.6) is 0 Å². The van der Waals surface area contributed by atoms with Gasteiger partial charge in [-0.25, -0.2) is 9.97 Å². The second-order valence-corrected chi connectivity index (χ2v) is 7.29. The Bertz CT molecular complexity index is 1110. The van der Waals surface area contributed by atoms with Crippen molar-refractivity contribution in [2.45, 2.75) is 13.1 Å². The summed E-state index contributed by atoms with van der Waals surface area (Å²) in [6.45, 7) is 8.16. The summed E-state index contributed by atoms with van der Waals surface area (Å²) in [5.41, 5.74) is 2.02. The first-order valence-corrected chi connectivity index (χ1v) is 10.1. The summed E-state index contributed by atoms with van der Waals surface area (Å²) in [6, 6.07) is 8.85. The minimum absolute atomic E-state index is 0.571. The lowest BCUT2D eigenvalue weighted by molar-refractivity contribution is -0.137. The average Bonchev–Trinajstić information content (AvgIpc) is 3.14. The van der Waals surface area contributed by atoms with Gasteiger partial charge in [0.05, 0.1) is 24.5 Å². The number of halogens is 3. The lowest BCUT2D eigenvalue weighted by Gasteiger charge is -2.27. The molecule has 1 aliphatic heterocycles. The molecule has 4 rings (SSSR count). The minimum Gasteiger partial charge on any atom is -0.378 e. The lowest BCUT2D eigenvalue weighted by atomic mass is 10.2. The van der Waals surface area contributed by atoms with Crippen molar-refractivity contribution in [1.29, 1.82) is 0 Å². The van der Waals surface area contributed by atoms with E-state index in [4.69, 9.17) is 9.72 Å². The predicted molar refractivity (Wildman–Crippen MR) is 118 cm³/mol. The monoisotopic (exact) mass is 441 g/mol. The van der Waals surface area contributed by atoms with Crippen LogP contribution in [0.2, 0.25) is 0 Å². The number of ether oxygens (including phenoxy) is 1. The van der Waals surface area contributed by atoms with Crippen LogP contribution in [0.1, 0.15) is 17.0 Å². The summed E-state index contributed by atoms with van der Waals surface area (Å²) in [6.07, 6.45) is 0.568. The standard InChI is InChI=1S/C23H22F3N5O/c1-16-20(9-10-27-2)29-22(31(16)19-6-4-18(5-7-19)23(24,25)26)17-3-8-21(28-15-17)30-11-13-32-14-12-30/h3-10,15H,2,11-14H2,1H3/b10-9-. The highest BCUT2D eigenvalue weighted by Gasteiger charge is 2.30. The van der Waals surface area contributed by atoms with Crippen molar-refractivity contribution in [1.82, 2.24) is 14.5 Å². The summed E-state index contributed by atoms with van der Waals surface area (Å²) in [5.74, 6) is 1.42. The number of alkyl halides is 3. The highest BCUT2D eigenvalue weighted by Crippen LogP contribution is 2.32. The molecule has 9 heteroatoms. The van der Waals surface area contributed by atoms with Crippen LogP contribution in [-0.2, 0) is 10.9 Å². The molecular weight excluding hydrogens is 419 g/mol.